The van der Waals surface area contributed by atoms with Gasteiger partial charge in [-0.1, -0.05) is 17.7 Å². The van der Waals surface area contributed by atoms with Crippen LogP contribution in [0.15, 0.2) is 53.7 Å². The predicted molar refractivity (Wildman–Crippen MR) is 97.0 cm³/mol. The maximum atomic E-state index is 12.8. The van der Waals surface area contributed by atoms with Crippen LogP contribution in [0.1, 0.15) is 18.5 Å². The zero-order valence-corrected chi connectivity index (χ0v) is 14.5. The lowest BCUT2D eigenvalue weighted by atomic mass is 9.94. The molecule has 3 rings (SSSR count). The van der Waals surface area contributed by atoms with E-state index in [1.807, 2.05) is 0 Å². The number of allylic oxidation sites excluding steroid dienone is 1. The molecule has 1 atom stereocenters. The number of carbonyl (C=O) groups is 2. The van der Waals surface area contributed by atoms with Crippen LogP contribution in [0.3, 0.4) is 0 Å². The van der Waals surface area contributed by atoms with Crippen LogP contribution >= 0.6 is 11.6 Å². The van der Waals surface area contributed by atoms with Crippen LogP contribution in [0.5, 0.6) is 11.5 Å². The molecular weight excluding hydrogens is 358 g/mol. The van der Waals surface area contributed by atoms with E-state index < -0.39 is 18.0 Å². The summed E-state index contributed by atoms with van der Waals surface area (Å²) in [5, 5.41) is 28.0. The molecule has 0 saturated heterocycles. The molecule has 3 amide bonds. The number of nitrogens with one attached hydrogen (secondary N) is 3. The largest absolute Gasteiger partial charge is 0.508 e. The summed E-state index contributed by atoms with van der Waals surface area (Å²) in [5.41, 5.74) is 1.36. The van der Waals surface area contributed by atoms with Gasteiger partial charge in [0.25, 0.3) is 5.91 Å². The van der Waals surface area contributed by atoms with E-state index in [4.69, 9.17) is 11.6 Å². The molecular formula is C18H16ClN3O4. The Kier molecular flexibility index (Phi) is 4.73. The Morgan fingerprint density at radius 3 is 2.65 bits per heavy atom. The Morgan fingerprint density at radius 2 is 1.96 bits per heavy atom. The minimum atomic E-state index is -0.886. The number of rotatable bonds is 3. The van der Waals surface area contributed by atoms with Gasteiger partial charge in [-0.15, -0.1) is 0 Å². The summed E-state index contributed by atoms with van der Waals surface area (Å²) in [4.78, 5) is 24.7. The minimum absolute atomic E-state index is 0.128. The van der Waals surface area contributed by atoms with Crippen molar-refractivity contribution in [3.05, 3.63) is 64.3 Å². The van der Waals surface area contributed by atoms with Crippen LogP contribution in [-0.4, -0.2) is 22.2 Å². The fourth-order valence-corrected chi connectivity index (χ4v) is 2.96. The normalized spacial score (nSPS) is 16.7. The van der Waals surface area contributed by atoms with Gasteiger partial charge in [0.05, 0.1) is 11.6 Å². The molecule has 7 nitrogen and oxygen atoms in total. The molecule has 0 spiro atoms. The number of halogens is 1. The molecule has 0 unspecified atom stereocenters. The molecule has 1 aliphatic heterocycles. The van der Waals surface area contributed by atoms with Crippen LogP contribution in [0.25, 0.3) is 0 Å². The summed E-state index contributed by atoms with van der Waals surface area (Å²) in [6.07, 6.45) is 0. The van der Waals surface area contributed by atoms with E-state index in [1.54, 1.807) is 31.2 Å². The Bertz CT molecular complexity index is 926. The predicted octanol–water partition coefficient (Wildman–Crippen LogP) is 3.02. The highest BCUT2D eigenvalue weighted by Crippen LogP contribution is 2.34. The van der Waals surface area contributed by atoms with Gasteiger partial charge in [-0.05, 0) is 37.3 Å². The van der Waals surface area contributed by atoms with Crippen molar-refractivity contribution in [1.82, 2.24) is 10.6 Å². The van der Waals surface area contributed by atoms with Gasteiger partial charge in [0, 0.05) is 28.0 Å². The molecule has 1 heterocycles. The second kappa shape index (κ2) is 6.97. The van der Waals surface area contributed by atoms with Crippen LogP contribution in [0.2, 0.25) is 5.02 Å². The van der Waals surface area contributed by atoms with Crippen molar-refractivity contribution >= 4 is 29.2 Å². The monoisotopic (exact) mass is 373 g/mol. The molecule has 0 aliphatic carbocycles. The molecule has 0 aromatic heterocycles. The zero-order chi connectivity index (χ0) is 18.8. The quantitative estimate of drug-likeness (QED) is 0.569. The molecule has 0 fully saturated rings. The third kappa shape index (κ3) is 3.57. The summed E-state index contributed by atoms with van der Waals surface area (Å²) in [6.45, 7) is 1.59. The first-order valence-electron chi connectivity index (χ1n) is 7.72. The van der Waals surface area contributed by atoms with E-state index >= 15 is 0 Å². The van der Waals surface area contributed by atoms with Crippen LogP contribution < -0.4 is 16.0 Å². The van der Waals surface area contributed by atoms with Crippen molar-refractivity contribution < 1.29 is 19.8 Å². The molecule has 1 aliphatic rings. The lowest BCUT2D eigenvalue weighted by Crippen LogP contribution is -2.46. The number of carbonyl (C=O) groups excluding carboxylic acids is 2. The van der Waals surface area contributed by atoms with E-state index in [9.17, 15) is 19.8 Å². The molecule has 5 N–H and O–H groups in total. The van der Waals surface area contributed by atoms with Gasteiger partial charge in [-0.25, -0.2) is 4.79 Å². The minimum Gasteiger partial charge on any atom is -0.508 e. The van der Waals surface area contributed by atoms with Gasteiger partial charge in [0.1, 0.15) is 11.5 Å². The fraction of sp³-hybridized carbons (Fsp3) is 0.111. The molecule has 0 bridgehead atoms. The molecule has 26 heavy (non-hydrogen) atoms. The summed E-state index contributed by atoms with van der Waals surface area (Å²) in [7, 11) is 0. The van der Waals surface area contributed by atoms with Crippen molar-refractivity contribution in [3.8, 4) is 11.5 Å². The number of aromatic hydroxyl groups is 2. The van der Waals surface area contributed by atoms with Gasteiger partial charge in [0.2, 0.25) is 0 Å². The van der Waals surface area contributed by atoms with E-state index in [0.717, 1.165) is 6.07 Å². The Balaban J connectivity index is 1.98. The lowest BCUT2D eigenvalue weighted by molar-refractivity contribution is -0.113. The first kappa shape index (κ1) is 17.6. The fourth-order valence-electron chi connectivity index (χ4n) is 2.77. The number of hydrogen-bond donors (Lipinski definition) is 5. The number of phenolic OH excluding ortho intramolecular Hbond substituents is 2. The standard InChI is InChI=1S/C18H16ClN3O4/c1-9-15(17(25)21-11-4-2-3-10(19)7-11)16(22-18(26)20-9)13-6-5-12(23)8-14(13)24/h2-8,16,23-24H,1H3,(H,21,25)(H2,20,22,26)/t16-/m1/s1. The van der Waals surface area contributed by atoms with Crippen LogP contribution in [0.4, 0.5) is 10.5 Å². The van der Waals surface area contributed by atoms with Crippen molar-refractivity contribution in [2.45, 2.75) is 13.0 Å². The number of hydrogen-bond acceptors (Lipinski definition) is 4. The average molecular weight is 374 g/mol. The molecule has 2 aromatic rings. The molecule has 0 saturated carbocycles. The topological polar surface area (TPSA) is 111 Å². The van der Waals surface area contributed by atoms with Crippen LogP contribution in [0, 0.1) is 0 Å². The van der Waals surface area contributed by atoms with Gasteiger partial charge in [-0.3, -0.25) is 4.79 Å². The maximum Gasteiger partial charge on any atom is 0.319 e. The SMILES string of the molecule is CC1=C(C(=O)Nc2cccc(Cl)c2)[C@@H](c2ccc(O)cc2O)NC(=O)N1. The molecule has 8 heteroatoms. The highest BCUT2D eigenvalue weighted by atomic mass is 35.5. The highest BCUT2D eigenvalue weighted by Gasteiger charge is 2.32. The Labute approximate surface area is 154 Å². The number of urea groups is 1. The summed E-state index contributed by atoms with van der Waals surface area (Å²) in [6, 6.07) is 9.23. The number of anilines is 1. The van der Waals surface area contributed by atoms with Crippen molar-refractivity contribution in [1.29, 1.82) is 0 Å². The van der Waals surface area contributed by atoms with Crippen molar-refractivity contribution in [2.24, 2.45) is 0 Å². The molecule has 134 valence electrons. The first-order valence-corrected chi connectivity index (χ1v) is 8.10. The summed E-state index contributed by atoms with van der Waals surface area (Å²) in [5.74, 6) is -0.829. The number of amides is 3. The van der Waals surface area contributed by atoms with E-state index in [1.165, 1.54) is 12.1 Å². The molecule has 2 aromatic carbocycles. The highest BCUT2D eigenvalue weighted by molar-refractivity contribution is 6.31. The molecule has 0 radical (unpaired) electrons. The third-order valence-corrected chi connectivity index (χ3v) is 4.16. The first-order chi connectivity index (χ1) is 12.3. The third-order valence-electron chi connectivity index (χ3n) is 3.92. The van der Waals surface area contributed by atoms with Crippen LogP contribution in [-0.2, 0) is 4.79 Å². The summed E-state index contributed by atoms with van der Waals surface area (Å²) < 4.78 is 0. The van der Waals surface area contributed by atoms with Gasteiger partial charge < -0.3 is 26.2 Å². The maximum absolute atomic E-state index is 12.8. The van der Waals surface area contributed by atoms with Gasteiger partial charge in [0.15, 0.2) is 0 Å². The van der Waals surface area contributed by atoms with Gasteiger partial charge in [-0.2, -0.15) is 0 Å². The summed E-state index contributed by atoms with van der Waals surface area (Å²) >= 11 is 5.93. The van der Waals surface area contributed by atoms with E-state index in [2.05, 4.69) is 16.0 Å². The smallest absolute Gasteiger partial charge is 0.319 e. The number of benzene rings is 2. The average Bonchev–Trinajstić information content (AvgIpc) is 2.53. The van der Waals surface area contributed by atoms with Crippen molar-refractivity contribution in [2.75, 3.05) is 5.32 Å². The van der Waals surface area contributed by atoms with E-state index in [-0.39, 0.29) is 22.6 Å². The van der Waals surface area contributed by atoms with Crippen molar-refractivity contribution in [3.63, 3.8) is 0 Å². The lowest BCUT2D eigenvalue weighted by Gasteiger charge is -2.29. The Hall–Kier alpha value is -3.19. The van der Waals surface area contributed by atoms with Gasteiger partial charge >= 0.3 is 6.03 Å². The Morgan fingerprint density at radius 1 is 1.19 bits per heavy atom. The second-order valence-corrected chi connectivity index (χ2v) is 6.21. The second-order valence-electron chi connectivity index (χ2n) is 5.78. The number of phenols is 2. The van der Waals surface area contributed by atoms with E-state index in [0.29, 0.717) is 16.4 Å². The zero-order valence-electron chi connectivity index (χ0n) is 13.7.